The third-order valence-electron chi connectivity index (χ3n) is 2.95. The summed E-state index contributed by atoms with van der Waals surface area (Å²) in [6.07, 6.45) is 1.65. The number of nitrogens with zero attached hydrogens (tertiary/aromatic N) is 1. The maximum absolute atomic E-state index is 11.8. The number of hydrogen-bond donors (Lipinski definition) is 2. The van der Waals surface area contributed by atoms with Crippen molar-refractivity contribution in [2.45, 2.75) is 11.4 Å². The second kappa shape index (κ2) is 9.27. The van der Waals surface area contributed by atoms with Gasteiger partial charge in [0.1, 0.15) is 0 Å². The van der Waals surface area contributed by atoms with Crippen molar-refractivity contribution >= 4 is 29.4 Å². The first-order valence-electron chi connectivity index (χ1n) is 7.07. The van der Waals surface area contributed by atoms with Crippen LogP contribution in [-0.4, -0.2) is 30.4 Å². The minimum Gasteiger partial charge on any atom is -0.481 e. The van der Waals surface area contributed by atoms with E-state index < -0.39 is 0 Å². The Kier molecular flexibility index (Phi) is 7.03. The Morgan fingerprint density at radius 2 is 2.04 bits per heavy atom. The van der Waals surface area contributed by atoms with E-state index in [0.717, 1.165) is 21.2 Å². The minimum absolute atomic E-state index is 0.215. The van der Waals surface area contributed by atoms with Gasteiger partial charge in [0, 0.05) is 40.5 Å². The van der Waals surface area contributed by atoms with Crippen LogP contribution >= 0.6 is 23.4 Å². The quantitative estimate of drug-likeness (QED) is 0.593. The summed E-state index contributed by atoms with van der Waals surface area (Å²) in [6.45, 7) is 0.941. The first-order chi connectivity index (χ1) is 11.2. The van der Waals surface area contributed by atoms with E-state index in [9.17, 15) is 4.79 Å². The van der Waals surface area contributed by atoms with Gasteiger partial charge < -0.3 is 15.4 Å². The van der Waals surface area contributed by atoms with Gasteiger partial charge in [-0.25, -0.2) is 9.78 Å². The van der Waals surface area contributed by atoms with Crippen molar-refractivity contribution in [3.05, 3.63) is 53.2 Å². The van der Waals surface area contributed by atoms with Crippen LogP contribution in [0.3, 0.4) is 0 Å². The lowest BCUT2D eigenvalue weighted by Crippen LogP contribution is -2.36. The van der Waals surface area contributed by atoms with Gasteiger partial charge in [-0.3, -0.25) is 0 Å². The van der Waals surface area contributed by atoms with Gasteiger partial charge in [-0.15, -0.1) is 11.8 Å². The Morgan fingerprint density at radius 1 is 1.26 bits per heavy atom. The summed E-state index contributed by atoms with van der Waals surface area (Å²) in [5.74, 6) is 1.30. The lowest BCUT2D eigenvalue weighted by atomic mass is 10.3. The van der Waals surface area contributed by atoms with Gasteiger partial charge in [0.25, 0.3) is 0 Å². The van der Waals surface area contributed by atoms with Gasteiger partial charge in [0.05, 0.1) is 7.11 Å². The fourth-order valence-corrected chi connectivity index (χ4v) is 2.74. The molecule has 1 aromatic heterocycles. The number of nitrogens with one attached hydrogen (secondary N) is 2. The molecule has 2 rings (SSSR count). The van der Waals surface area contributed by atoms with Crippen LogP contribution in [0.25, 0.3) is 0 Å². The summed E-state index contributed by atoms with van der Waals surface area (Å²) < 4.78 is 5.14. The molecule has 0 atom stereocenters. The highest BCUT2D eigenvalue weighted by atomic mass is 35.5. The van der Waals surface area contributed by atoms with Crippen LogP contribution in [0.5, 0.6) is 5.88 Å². The second-order valence-corrected chi connectivity index (χ2v) is 6.19. The number of ether oxygens (including phenoxy) is 1. The molecule has 1 aromatic carbocycles. The highest BCUT2D eigenvalue weighted by Gasteiger charge is 2.05. The SMILES string of the molecule is COc1ncccc1CNC(=O)NCCSc1ccc(Cl)cc1. The van der Waals surface area contributed by atoms with Crippen molar-refractivity contribution in [2.24, 2.45) is 0 Å². The molecule has 0 unspecified atom stereocenters. The Hall–Kier alpha value is -1.92. The molecule has 0 saturated carbocycles. The monoisotopic (exact) mass is 351 g/mol. The number of amides is 2. The fourth-order valence-electron chi connectivity index (χ4n) is 1.84. The zero-order valence-electron chi connectivity index (χ0n) is 12.7. The van der Waals surface area contributed by atoms with Crippen molar-refractivity contribution in [3.63, 3.8) is 0 Å². The number of aromatic nitrogens is 1. The molecule has 0 aliphatic heterocycles. The van der Waals surface area contributed by atoms with E-state index in [1.165, 1.54) is 0 Å². The number of hydrogen-bond acceptors (Lipinski definition) is 4. The van der Waals surface area contributed by atoms with Crippen LogP contribution in [-0.2, 0) is 6.54 Å². The molecule has 2 N–H and O–H groups in total. The number of carbonyl (C=O) groups excluding carboxylic acids is 1. The van der Waals surface area contributed by atoms with Crippen LogP contribution in [0, 0.1) is 0 Å². The van der Waals surface area contributed by atoms with Gasteiger partial charge in [-0.05, 0) is 30.3 Å². The molecule has 2 aromatic rings. The zero-order chi connectivity index (χ0) is 16.5. The van der Waals surface area contributed by atoms with Crippen molar-refractivity contribution in [3.8, 4) is 5.88 Å². The summed E-state index contributed by atoms with van der Waals surface area (Å²) in [5.41, 5.74) is 0.834. The van der Waals surface area contributed by atoms with Crippen molar-refractivity contribution in [2.75, 3.05) is 19.4 Å². The number of urea groups is 1. The third-order valence-corrected chi connectivity index (χ3v) is 4.22. The van der Waals surface area contributed by atoms with Crippen LogP contribution in [0.15, 0.2) is 47.5 Å². The van der Waals surface area contributed by atoms with Crippen LogP contribution < -0.4 is 15.4 Å². The standard InChI is InChI=1S/C16H18ClN3O2S/c1-22-15-12(3-2-8-18-15)11-20-16(21)19-9-10-23-14-6-4-13(17)5-7-14/h2-8H,9-11H2,1H3,(H2,19,20,21). The molecule has 0 aliphatic carbocycles. The molecule has 122 valence electrons. The molecule has 0 bridgehead atoms. The smallest absolute Gasteiger partial charge is 0.315 e. The lowest BCUT2D eigenvalue weighted by molar-refractivity contribution is 0.241. The summed E-state index contributed by atoms with van der Waals surface area (Å²) in [4.78, 5) is 17.0. The van der Waals surface area contributed by atoms with E-state index in [2.05, 4.69) is 15.6 Å². The number of carbonyl (C=O) groups is 1. The Bertz CT molecular complexity index is 637. The molecule has 1 heterocycles. The van der Waals surface area contributed by atoms with Crippen LogP contribution in [0.1, 0.15) is 5.56 Å². The summed E-state index contributed by atoms with van der Waals surface area (Å²) >= 11 is 7.49. The molecule has 0 spiro atoms. The summed E-state index contributed by atoms with van der Waals surface area (Å²) in [7, 11) is 1.56. The van der Waals surface area contributed by atoms with Crippen LogP contribution in [0.4, 0.5) is 4.79 Å². The maximum atomic E-state index is 11.8. The average Bonchev–Trinajstić information content (AvgIpc) is 2.58. The van der Waals surface area contributed by atoms with E-state index in [0.29, 0.717) is 19.0 Å². The first kappa shape index (κ1) is 17.4. The first-order valence-corrected chi connectivity index (χ1v) is 8.43. The number of methoxy groups -OCH3 is 1. The lowest BCUT2D eigenvalue weighted by Gasteiger charge is -2.09. The maximum Gasteiger partial charge on any atom is 0.315 e. The van der Waals surface area contributed by atoms with E-state index >= 15 is 0 Å². The topological polar surface area (TPSA) is 63.2 Å². The van der Waals surface area contributed by atoms with Gasteiger partial charge in [0.15, 0.2) is 0 Å². The van der Waals surface area contributed by atoms with Crippen molar-refractivity contribution < 1.29 is 9.53 Å². The molecule has 0 fully saturated rings. The number of rotatable bonds is 7. The van der Waals surface area contributed by atoms with Crippen LogP contribution in [0.2, 0.25) is 5.02 Å². The predicted molar refractivity (Wildman–Crippen MR) is 93.2 cm³/mol. The van der Waals surface area contributed by atoms with E-state index in [1.807, 2.05) is 30.3 Å². The summed E-state index contributed by atoms with van der Waals surface area (Å²) in [6, 6.07) is 11.1. The molecule has 0 saturated heterocycles. The van der Waals surface area contributed by atoms with Gasteiger partial charge in [-0.2, -0.15) is 0 Å². The van der Waals surface area contributed by atoms with E-state index in [4.69, 9.17) is 16.3 Å². The molecule has 2 amide bonds. The Morgan fingerprint density at radius 3 is 2.78 bits per heavy atom. The number of halogens is 1. The molecular formula is C16H18ClN3O2S. The minimum atomic E-state index is -0.215. The molecule has 0 aliphatic rings. The number of benzene rings is 1. The highest BCUT2D eigenvalue weighted by Crippen LogP contribution is 2.19. The van der Waals surface area contributed by atoms with Crippen molar-refractivity contribution in [1.29, 1.82) is 0 Å². The van der Waals surface area contributed by atoms with Gasteiger partial charge >= 0.3 is 6.03 Å². The Balaban J connectivity index is 1.66. The summed E-state index contributed by atoms with van der Waals surface area (Å²) in [5, 5.41) is 6.32. The van der Waals surface area contributed by atoms with E-state index in [1.54, 1.807) is 31.1 Å². The predicted octanol–water partition coefficient (Wildman–Crippen LogP) is 3.34. The largest absolute Gasteiger partial charge is 0.481 e. The number of thioether (sulfide) groups is 1. The fraction of sp³-hybridized carbons (Fsp3) is 0.250. The third kappa shape index (κ3) is 6.00. The zero-order valence-corrected chi connectivity index (χ0v) is 14.3. The molecule has 23 heavy (non-hydrogen) atoms. The second-order valence-electron chi connectivity index (χ2n) is 4.58. The normalized spacial score (nSPS) is 10.2. The highest BCUT2D eigenvalue weighted by molar-refractivity contribution is 7.99. The van der Waals surface area contributed by atoms with E-state index in [-0.39, 0.29) is 6.03 Å². The molecule has 5 nitrogen and oxygen atoms in total. The van der Waals surface area contributed by atoms with Crippen molar-refractivity contribution in [1.82, 2.24) is 15.6 Å². The molecule has 7 heteroatoms. The number of pyridine rings is 1. The Labute approximate surface area is 144 Å². The van der Waals surface area contributed by atoms with Gasteiger partial charge in [0.2, 0.25) is 5.88 Å². The van der Waals surface area contributed by atoms with Gasteiger partial charge in [-0.1, -0.05) is 17.7 Å². The molecular weight excluding hydrogens is 334 g/mol. The average molecular weight is 352 g/mol. The molecule has 0 radical (unpaired) electrons.